The van der Waals surface area contributed by atoms with Crippen LogP contribution in [0.25, 0.3) is 10.9 Å². The van der Waals surface area contributed by atoms with Crippen molar-refractivity contribution in [3.63, 3.8) is 0 Å². The summed E-state index contributed by atoms with van der Waals surface area (Å²) in [6, 6.07) is 17.4. The zero-order chi connectivity index (χ0) is 18.4. The minimum absolute atomic E-state index is 0.0727. The van der Waals surface area contributed by atoms with Crippen molar-refractivity contribution in [1.82, 2.24) is 9.88 Å². The maximum Gasteiger partial charge on any atom is 0.231 e. The SMILES string of the molecule is COc1ccc(CCNC(=O)CCC(=O)n2ccc3ccccc32)cc1. The fourth-order valence-electron chi connectivity index (χ4n) is 2.87. The van der Waals surface area contributed by atoms with E-state index in [9.17, 15) is 9.59 Å². The van der Waals surface area contributed by atoms with Crippen molar-refractivity contribution in [3.8, 4) is 5.75 Å². The molecule has 0 saturated heterocycles. The number of fused-ring (bicyclic) bond motifs is 1. The number of carbonyl (C=O) groups excluding carboxylic acids is 2. The Morgan fingerprint density at radius 3 is 2.54 bits per heavy atom. The third-order valence-corrected chi connectivity index (χ3v) is 4.33. The van der Waals surface area contributed by atoms with Gasteiger partial charge in [-0.25, -0.2) is 0 Å². The second kappa shape index (κ2) is 8.34. The number of amides is 1. The van der Waals surface area contributed by atoms with Crippen molar-refractivity contribution >= 4 is 22.7 Å². The summed E-state index contributed by atoms with van der Waals surface area (Å²) in [7, 11) is 1.63. The van der Waals surface area contributed by atoms with Gasteiger partial charge in [0.05, 0.1) is 12.6 Å². The molecule has 3 rings (SSSR count). The van der Waals surface area contributed by atoms with Crippen LogP contribution < -0.4 is 10.1 Å². The molecule has 2 aromatic carbocycles. The lowest BCUT2D eigenvalue weighted by Crippen LogP contribution is -2.26. The van der Waals surface area contributed by atoms with E-state index >= 15 is 0 Å². The minimum Gasteiger partial charge on any atom is -0.497 e. The molecule has 1 amide bonds. The van der Waals surface area contributed by atoms with Crippen molar-refractivity contribution in [1.29, 1.82) is 0 Å². The summed E-state index contributed by atoms with van der Waals surface area (Å²) < 4.78 is 6.73. The van der Waals surface area contributed by atoms with E-state index in [0.29, 0.717) is 6.54 Å². The Bertz CT molecular complexity index is 897. The molecule has 134 valence electrons. The van der Waals surface area contributed by atoms with Crippen LogP contribution in [-0.4, -0.2) is 30.0 Å². The number of carbonyl (C=O) groups is 2. The van der Waals surface area contributed by atoms with Gasteiger partial charge in [-0.05, 0) is 36.2 Å². The quantitative estimate of drug-likeness (QED) is 0.710. The van der Waals surface area contributed by atoms with Crippen LogP contribution in [0.4, 0.5) is 0 Å². The second-order valence-corrected chi connectivity index (χ2v) is 6.09. The van der Waals surface area contributed by atoms with E-state index in [1.54, 1.807) is 17.9 Å². The molecule has 0 aliphatic rings. The van der Waals surface area contributed by atoms with Crippen LogP contribution in [-0.2, 0) is 11.2 Å². The maximum atomic E-state index is 12.4. The van der Waals surface area contributed by atoms with E-state index in [-0.39, 0.29) is 24.7 Å². The van der Waals surface area contributed by atoms with Crippen LogP contribution in [0.3, 0.4) is 0 Å². The lowest BCUT2D eigenvalue weighted by atomic mass is 10.1. The van der Waals surface area contributed by atoms with Crippen LogP contribution >= 0.6 is 0 Å². The van der Waals surface area contributed by atoms with Gasteiger partial charge in [-0.3, -0.25) is 14.2 Å². The Hall–Kier alpha value is -3.08. The zero-order valence-corrected chi connectivity index (χ0v) is 14.8. The molecule has 0 aliphatic heterocycles. The Kier molecular flexibility index (Phi) is 5.69. The number of benzene rings is 2. The highest BCUT2D eigenvalue weighted by Crippen LogP contribution is 2.16. The molecule has 3 aromatic rings. The predicted octanol–water partition coefficient (Wildman–Crippen LogP) is 3.43. The molecule has 0 atom stereocenters. The van der Waals surface area contributed by atoms with Gasteiger partial charge in [0.25, 0.3) is 0 Å². The van der Waals surface area contributed by atoms with Crippen LogP contribution in [0.5, 0.6) is 5.75 Å². The fourth-order valence-corrected chi connectivity index (χ4v) is 2.87. The zero-order valence-electron chi connectivity index (χ0n) is 14.8. The van der Waals surface area contributed by atoms with Gasteiger partial charge < -0.3 is 10.1 Å². The molecule has 5 heteroatoms. The molecule has 1 heterocycles. The molecule has 0 spiro atoms. The summed E-state index contributed by atoms with van der Waals surface area (Å²) in [6.45, 7) is 0.547. The summed E-state index contributed by atoms with van der Waals surface area (Å²) in [6.07, 6.45) is 2.88. The number of hydrogen-bond acceptors (Lipinski definition) is 3. The number of nitrogens with zero attached hydrogens (tertiary/aromatic N) is 1. The summed E-state index contributed by atoms with van der Waals surface area (Å²) in [5.41, 5.74) is 2.00. The molecule has 1 aromatic heterocycles. The van der Waals surface area contributed by atoms with E-state index in [4.69, 9.17) is 4.74 Å². The molecular weight excluding hydrogens is 328 g/mol. The van der Waals surface area contributed by atoms with Gasteiger partial charge in [0.1, 0.15) is 5.75 Å². The normalized spacial score (nSPS) is 10.7. The number of ether oxygens (including phenoxy) is 1. The highest BCUT2D eigenvalue weighted by atomic mass is 16.5. The van der Waals surface area contributed by atoms with Crippen LogP contribution in [0.2, 0.25) is 0 Å². The van der Waals surface area contributed by atoms with E-state index in [1.807, 2.05) is 54.6 Å². The largest absolute Gasteiger partial charge is 0.497 e. The lowest BCUT2D eigenvalue weighted by molar-refractivity contribution is -0.121. The minimum atomic E-state index is -0.108. The van der Waals surface area contributed by atoms with Crippen molar-refractivity contribution in [3.05, 3.63) is 66.4 Å². The smallest absolute Gasteiger partial charge is 0.231 e. The van der Waals surface area contributed by atoms with Gasteiger partial charge >= 0.3 is 0 Å². The monoisotopic (exact) mass is 350 g/mol. The standard InChI is InChI=1S/C21H22N2O3/c1-26-18-8-6-16(7-9-18)12-14-22-20(24)10-11-21(25)23-15-13-17-4-2-3-5-19(17)23/h2-9,13,15H,10-12,14H2,1H3,(H,22,24). The Morgan fingerprint density at radius 1 is 1.00 bits per heavy atom. The maximum absolute atomic E-state index is 12.4. The van der Waals surface area contributed by atoms with Crippen molar-refractivity contribution in [2.24, 2.45) is 0 Å². The van der Waals surface area contributed by atoms with Gasteiger partial charge in [0, 0.05) is 31.0 Å². The van der Waals surface area contributed by atoms with E-state index in [0.717, 1.165) is 28.6 Å². The van der Waals surface area contributed by atoms with Gasteiger partial charge in [-0.15, -0.1) is 0 Å². The van der Waals surface area contributed by atoms with Crippen LogP contribution in [0.1, 0.15) is 23.2 Å². The molecule has 0 aliphatic carbocycles. The van der Waals surface area contributed by atoms with Gasteiger partial charge in [-0.1, -0.05) is 30.3 Å². The third kappa shape index (κ3) is 4.30. The van der Waals surface area contributed by atoms with E-state index in [2.05, 4.69) is 5.32 Å². The molecule has 26 heavy (non-hydrogen) atoms. The number of aromatic nitrogens is 1. The second-order valence-electron chi connectivity index (χ2n) is 6.09. The molecule has 1 N–H and O–H groups in total. The Balaban J connectivity index is 1.44. The predicted molar refractivity (Wildman–Crippen MR) is 102 cm³/mol. The molecule has 0 bridgehead atoms. The summed E-state index contributed by atoms with van der Waals surface area (Å²) in [5, 5.41) is 3.88. The molecule has 5 nitrogen and oxygen atoms in total. The van der Waals surface area contributed by atoms with Crippen LogP contribution in [0, 0.1) is 0 Å². The number of rotatable bonds is 7. The van der Waals surface area contributed by atoms with E-state index < -0.39 is 0 Å². The van der Waals surface area contributed by atoms with Crippen molar-refractivity contribution in [2.75, 3.05) is 13.7 Å². The van der Waals surface area contributed by atoms with Gasteiger partial charge in [0.15, 0.2) is 0 Å². The average molecular weight is 350 g/mol. The van der Waals surface area contributed by atoms with Gasteiger partial charge in [-0.2, -0.15) is 0 Å². The fraction of sp³-hybridized carbons (Fsp3) is 0.238. The molecule has 0 fully saturated rings. The summed E-state index contributed by atoms with van der Waals surface area (Å²) >= 11 is 0. The first-order chi connectivity index (χ1) is 12.7. The number of methoxy groups -OCH3 is 1. The lowest BCUT2D eigenvalue weighted by Gasteiger charge is -2.07. The summed E-state index contributed by atoms with van der Waals surface area (Å²) in [5.74, 6) is 0.633. The Morgan fingerprint density at radius 2 is 1.77 bits per heavy atom. The molecule has 0 saturated carbocycles. The summed E-state index contributed by atoms with van der Waals surface area (Å²) in [4.78, 5) is 24.3. The number of para-hydroxylation sites is 1. The van der Waals surface area contributed by atoms with Gasteiger partial charge in [0.2, 0.25) is 11.8 Å². The van der Waals surface area contributed by atoms with E-state index in [1.165, 1.54) is 0 Å². The highest BCUT2D eigenvalue weighted by molar-refractivity contribution is 5.93. The topological polar surface area (TPSA) is 60.3 Å². The van der Waals surface area contributed by atoms with Crippen LogP contribution in [0.15, 0.2) is 60.8 Å². The van der Waals surface area contributed by atoms with Crippen molar-refractivity contribution < 1.29 is 14.3 Å². The van der Waals surface area contributed by atoms with Crippen molar-refractivity contribution in [2.45, 2.75) is 19.3 Å². The molecular formula is C21H22N2O3. The molecule has 0 radical (unpaired) electrons. The average Bonchev–Trinajstić information content (AvgIpc) is 3.11. The number of hydrogen-bond donors (Lipinski definition) is 1. The first-order valence-electron chi connectivity index (χ1n) is 8.66. The Labute approximate surface area is 152 Å². The first-order valence-corrected chi connectivity index (χ1v) is 8.66. The highest BCUT2D eigenvalue weighted by Gasteiger charge is 2.11. The molecule has 0 unspecified atom stereocenters. The third-order valence-electron chi connectivity index (χ3n) is 4.33. The first kappa shape index (κ1) is 17.7. The number of nitrogens with one attached hydrogen (secondary N) is 1.